The second-order valence-electron chi connectivity index (χ2n) is 5.49. The summed E-state index contributed by atoms with van der Waals surface area (Å²) in [6.07, 6.45) is 2.52. The van der Waals surface area contributed by atoms with Gasteiger partial charge in [-0.3, -0.25) is 9.59 Å². The smallest absolute Gasteiger partial charge is 0.230 e. The van der Waals surface area contributed by atoms with Crippen LogP contribution in [0.5, 0.6) is 0 Å². The zero-order valence-corrected chi connectivity index (χ0v) is 10.1. The highest BCUT2D eigenvalue weighted by Gasteiger charge is 2.43. The molecule has 2 fully saturated rings. The van der Waals surface area contributed by atoms with Gasteiger partial charge in [-0.2, -0.15) is 0 Å². The van der Waals surface area contributed by atoms with Crippen LogP contribution in [0, 0.1) is 11.3 Å². The molecular formula is C12H20N2O2. The second-order valence-corrected chi connectivity index (χ2v) is 5.49. The van der Waals surface area contributed by atoms with E-state index in [1.165, 1.54) is 0 Å². The van der Waals surface area contributed by atoms with Crippen LogP contribution < -0.4 is 5.32 Å². The Balaban J connectivity index is 1.99. The molecule has 2 aliphatic heterocycles. The van der Waals surface area contributed by atoms with E-state index in [2.05, 4.69) is 12.2 Å². The third kappa shape index (κ3) is 2.06. The van der Waals surface area contributed by atoms with Crippen LogP contribution >= 0.6 is 0 Å². The molecule has 0 spiro atoms. The SMILES string of the molecule is CC1CCN(C(=O)C2(C)CNC(=O)C2)CC1. The number of rotatable bonds is 1. The van der Waals surface area contributed by atoms with E-state index in [4.69, 9.17) is 0 Å². The predicted octanol–water partition coefficient (Wildman–Crippen LogP) is 0.771. The lowest BCUT2D eigenvalue weighted by atomic mass is 9.86. The Bertz CT molecular complexity index is 308. The topological polar surface area (TPSA) is 49.4 Å². The molecule has 0 aromatic rings. The molecule has 0 aromatic carbocycles. The van der Waals surface area contributed by atoms with Gasteiger partial charge >= 0.3 is 0 Å². The minimum absolute atomic E-state index is 0.00114. The van der Waals surface area contributed by atoms with Crippen molar-refractivity contribution in [3.8, 4) is 0 Å². The molecule has 90 valence electrons. The molecular weight excluding hydrogens is 204 g/mol. The van der Waals surface area contributed by atoms with E-state index in [0.717, 1.165) is 31.8 Å². The first kappa shape index (κ1) is 11.4. The van der Waals surface area contributed by atoms with Gasteiger partial charge in [0.2, 0.25) is 11.8 Å². The first-order chi connectivity index (χ1) is 7.51. The molecule has 2 amide bonds. The summed E-state index contributed by atoms with van der Waals surface area (Å²) >= 11 is 0. The van der Waals surface area contributed by atoms with Crippen molar-refractivity contribution in [1.82, 2.24) is 10.2 Å². The Hall–Kier alpha value is -1.06. The maximum atomic E-state index is 12.3. The van der Waals surface area contributed by atoms with Gasteiger partial charge in [0.1, 0.15) is 0 Å². The van der Waals surface area contributed by atoms with Gasteiger partial charge in [0.25, 0.3) is 0 Å². The van der Waals surface area contributed by atoms with Gasteiger partial charge < -0.3 is 10.2 Å². The minimum atomic E-state index is -0.502. The summed E-state index contributed by atoms with van der Waals surface area (Å²) in [5.41, 5.74) is -0.502. The molecule has 1 N–H and O–H groups in total. The maximum absolute atomic E-state index is 12.3. The molecule has 2 rings (SSSR count). The molecule has 0 radical (unpaired) electrons. The van der Waals surface area contributed by atoms with Gasteiger partial charge in [0.15, 0.2) is 0 Å². The van der Waals surface area contributed by atoms with E-state index < -0.39 is 5.41 Å². The summed E-state index contributed by atoms with van der Waals surface area (Å²) in [5.74, 6) is 0.874. The highest BCUT2D eigenvalue weighted by Crippen LogP contribution is 2.29. The average molecular weight is 224 g/mol. The van der Waals surface area contributed by atoms with Crippen molar-refractivity contribution < 1.29 is 9.59 Å². The number of likely N-dealkylation sites (tertiary alicyclic amines) is 1. The zero-order chi connectivity index (χ0) is 11.8. The van der Waals surface area contributed by atoms with Crippen LogP contribution in [-0.4, -0.2) is 36.3 Å². The van der Waals surface area contributed by atoms with E-state index >= 15 is 0 Å². The first-order valence-electron chi connectivity index (χ1n) is 6.07. The normalized spacial score (nSPS) is 31.6. The predicted molar refractivity (Wildman–Crippen MR) is 60.7 cm³/mol. The van der Waals surface area contributed by atoms with Gasteiger partial charge in [-0.1, -0.05) is 6.92 Å². The summed E-state index contributed by atoms with van der Waals surface area (Å²) in [4.78, 5) is 25.5. The summed E-state index contributed by atoms with van der Waals surface area (Å²) in [7, 11) is 0. The number of carbonyl (C=O) groups excluding carboxylic acids is 2. The Labute approximate surface area is 96.4 Å². The van der Waals surface area contributed by atoms with Crippen LogP contribution in [-0.2, 0) is 9.59 Å². The fraction of sp³-hybridized carbons (Fsp3) is 0.833. The van der Waals surface area contributed by atoms with Gasteiger partial charge in [-0.05, 0) is 25.7 Å². The standard InChI is InChI=1S/C12H20N2O2/c1-9-3-5-14(6-4-9)11(16)12(2)7-10(15)13-8-12/h9H,3-8H2,1-2H3,(H,13,15). The average Bonchev–Trinajstić information content (AvgIpc) is 2.60. The van der Waals surface area contributed by atoms with Crippen LogP contribution in [0.2, 0.25) is 0 Å². The fourth-order valence-electron chi connectivity index (χ4n) is 2.52. The summed E-state index contributed by atoms with van der Waals surface area (Å²) < 4.78 is 0. The summed E-state index contributed by atoms with van der Waals surface area (Å²) in [6.45, 7) is 6.32. The monoisotopic (exact) mass is 224 g/mol. The summed E-state index contributed by atoms with van der Waals surface area (Å²) in [6, 6.07) is 0. The number of nitrogens with one attached hydrogen (secondary N) is 1. The quantitative estimate of drug-likeness (QED) is 0.715. The Kier molecular flexibility index (Phi) is 2.91. The highest BCUT2D eigenvalue weighted by atomic mass is 16.2. The Morgan fingerprint density at radius 1 is 1.44 bits per heavy atom. The lowest BCUT2D eigenvalue weighted by molar-refractivity contribution is -0.142. The molecule has 2 saturated heterocycles. The Morgan fingerprint density at radius 3 is 2.56 bits per heavy atom. The van der Waals surface area contributed by atoms with Gasteiger partial charge in [-0.25, -0.2) is 0 Å². The maximum Gasteiger partial charge on any atom is 0.230 e. The van der Waals surface area contributed by atoms with Crippen molar-refractivity contribution in [2.75, 3.05) is 19.6 Å². The van der Waals surface area contributed by atoms with E-state index in [-0.39, 0.29) is 11.8 Å². The van der Waals surface area contributed by atoms with Crippen LogP contribution in [0.4, 0.5) is 0 Å². The van der Waals surface area contributed by atoms with Crippen LogP contribution in [0.15, 0.2) is 0 Å². The number of hydrogen-bond donors (Lipinski definition) is 1. The van der Waals surface area contributed by atoms with Crippen LogP contribution in [0.3, 0.4) is 0 Å². The number of hydrogen-bond acceptors (Lipinski definition) is 2. The molecule has 4 nitrogen and oxygen atoms in total. The molecule has 2 heterocycles. The van der Waals surface area contributed by atoms with Crippen LogP contribution in [0.25, 0.3) is 0 Å². The molecule has 16 heavy (non-hydrogen) atoms. The molecule has 0 aliphatic carbocycles. The van der Waals surface area contributed by atoms with Crippen molar-refractivity contribution in [2.45, 2.75) is 33.1 Å². The molecule has 0 bridgehead atoms. The van der Waals surface area contributed by atoms with Crippen molar-refractivity contribution >= 4 is 11.8 Å². The molecule has 0 saturated carbocycles. The third-order valence-electron chi connectivity index (χ3n) is 3.81. The van der Waals surface area contributed by atoms with Gasteiger partial charge in [-0.15, -0.1) is 0 Å². The summed E-state index contributed by atoms with van der Waals surface area (Å²) in [5, 5.41) is 2.75. The van der Waals surface area contributed by atoms with Gasteiger partial charge in [0.05, 0.1) is 5.41 Å². The fourth-order valence-corrected chi connectivity index (χ4v) is 2.52. The molecule has 1 atom stereocenters. The van der Waals surface area contributed by atoms with Crippen molar-refractivity contribution in [1.29, 1.82) is 0 Å². The Morgan fingerprint density at radius 2 is 2.06 bits per heavy atom. The number of nitrogens with zero attached hydrogens (tertiary/aromatic N) is 1. The number of amides is 2. The lowest BCUT2D eigenvalue weighted by Crippen LogP contribution is -2.46. The van der Waals surface area contributed by atoms with Crippen molar-refractivity contribution in [2.24, 2.45) is 11.3 Å². The van der Waals surface area contributed by atoms with E-state index in [1.807, 2.05) is 11.8 Å². The number of carbonyl (C=O) groups is 2. The molecule has 1 unspecified atom stereocenters. The van der Waals surface area contributed by atoms with Crippen molar-refractivity contribution in [3.05, 3.63) is 0 Å². The minimum Gasteiger partial charge on any atom is -0.355 e. The van der Waals surface area contributed by atoms with E-state index in [1.54, 1.807) is 0 Å². The largest absolute Gasteiger partial charge is 0.355 e. The van der Waals surface area contributed by atoms with E-state index in [9.17, 15) is 9.59 Å². The lowest BCUT2D eigenvalue weighted by Gasteiger charge is -2.35. The highest BCUT2D eigenvalue weighted by molar-refractivity contribution is 5.92. The molecule has 0 aromatic heterocycles. The third-order valence-corrected chi connectivity index (χ3v) is 3.81. The molecule has 2 aliphatic rings. The van der Waals surface area contributed by atoms with Crippen molar-refractivity contribution in [3.63, 3.8) is 0 Å². The second kappa shape index (κ2) is 4.07. The van der Waals surface area contributed by atoms with E-state index in [0.29, 0.717) is 13.0 Å². The molecule has 4 heteroatoms. The van der Waals surface area contributed by atoms with Gasteiger partial charge in [0, 0.05) is 26.1 Å². The zero-order valence-electron chi connectivity index (χ0n) is 10.1. The first-order valence-corrected chi connectivity index (χ1v) is 6.07. The van der Waals surface area contributed by atoms with Crippen LogP contribution in [0.1, 0.15) is 33.1 Å². The number of piperidine rings is 1.